The summed E-state index contributed by atoms with van der Waals surface area (Å²) in [5.41, 5.74) is 2.23. The van der Waals surface area contributed by atoms with Gasteiger partial charge in [-0.15, -0.1) is 0 Å². The second-order valence-electron chi connectivity index (χ2n) is 5.56. The molecule has 3 rings (SSSR count). The predicted molar refractivity (Wildman–Crippen MR) is 103 cm³/mol. The number of rotatable bonds is 6. The van der Waals surface area contributed by atoms with Crippen LogP contribution in [0.15, 0.2) is 66.9 Å². The zero-order valence-electron chi connectivity index (χ0n) is 14.2. The monoisotopic (exact) mass is 367 g/mol. The molecule has 0 atom stereocenters. The third kappa shape index (κ3) is 4.52. The quantitative estimate of drug-likeness (QED) is 0.677. The fourth-order valence-corrected chi connectivity index (χ4v) is 2.63. The van der Waals surface area contributed by atoms with Crippen LogP contribution in [0.3, 0.4) is 0 Å². The first-order valence-corrected chi connectivity index (χ1v) is 8.42. The minimum absolute atomic E-state index is 0.197. The van der Waals surface area contributed by atoms with Gasteiger partial charge >= 0.3 is 0 Å². The Kier molecular flexibility index (Phi) is 5.71. The first-order chi connectivity index (χ1) is 12.7. The summed E-state index contributed by atoms with van der Waals surface area (Å²) < 4.78 is 5.28. The molecule has 2 N–H and O–H groups in total. The topological polar surface area (TPSA) is 63.2 Å². The number of hydrogen-bond donors (Lipinski definition) is 2. The molecular formula is C20H18ClN3O2. The lowest BCUT2D eigenvalue weighted by atomic mass is 10.2. The van der Waals surface area contributed by atoms with Crippen LogP contribution in [-0.2, 0) is 6.54 Å². The van der Waals surface area contributed by atoms with Gasteiger partial charge in [-0.1, -0.05) is 35.9 Å². The number of anilines is 2. The van der Waals surface area contributed by atoms with Crippen molar-refractivity contribution in [2.45, 2.75) is 6.54 Å². The van der Waals surface area contributed by atoms with Gasteiger partial charge in [0.2, 0.25) is 0 Å². The lowest BCUT2D eigenvalue weighted by Crippen LogP contribution is -2.23. The number of amides is 1. The van der Waals surface area contributed by atoms with Gasteiger partial charge in [-0.25, -0.2) is 4.98 Å². The number of methoxy groups -OCH3 is 1. The Morgan fingerprint density at radius 2 is 1.96 bits per heavy atom. The third-order valence-corrected chi connectivity index (χ3v) is 3.99. The highest BCUT2D eigenvalue weighted by Crippen LogP contribution is 2.19. The van der Waals surface area contributed by atoms with E-state index in [2.05, 4.69) is 15.6 Å². The van der Waals surface area contributed by atoms with E-state index < -0.39 is 0 Å². The lowest BCUT2D eigenvalue weighted by molar-refractivity contribution is 0.0950. The summed E-state index contributed by atoms with van der Waals surface area (Å²) in [6.45, 7) is 0.380. The Hall–Kier alpha value is -3.05. The van der Waals surface area contributed by atoms with Crippen molar-refractivity contribution in [1.29, 1.82) is 0 Å². The van der Waals surface area contributed by atoms with E-state index in [0.717, 1.165) is 17.0 Å². The van der Waals surface area contributed by atoms with Crippen molar-refractivity contribution in [3.63, 3.8) is 0 Å². The molecule has 0 aliphatic rings. The number of ether oxygens (including phenoxy) is 1. The van der Waals surface area contributed by atoms with Gasteiger partial charge in [-0.3, -0.25) is 4.79 Å². The molecule has 0 aliphatic carbocycles. The van der Waals surface area contributed by atoms with E-state index in [-0.39, 0.29) is 5.91 Å². The molecule has 2 aromatic carbocycles. The molecule has 0 saturated heterocycles. The number of carbonyl (C=O) groups excluding carboxylic acids is 1. The molecule has 0 fully saturated rings. The minimum Gasteiger partial charge on any atom is -0.496 e. The average molecular weight is 368 g/mol. The van der Waals surface area contributed by atoms with E-state index in [1.807, 2.05) is 36.4 Å². The highest BCUT2D eigenvalue weighted by molar-refractivity contribution is 6.30. The molecule has 1 heterocycles. The Balaban J connectivity index is 1.61. The summed E-state index contributed by atoms with van der Waals surface area (Å²) in [7, 11) is 1.61. The fourth-order valence-electron chi connectivity index (χ4n) is 2.44. The lowest BCUT2D eigenvalue weighted by Gasteiger charge is -2.10. The molecule has 5 nitrogen and oxygen atoms in total. The van der Waals surface area contributed by atoms with Gasteiger partial charge in [0.05, 0.1) is 12.7 Å². The standard InChI is InChI=1S/C20H18ClN3O2/c1-26-18-8-3-2-5-14(18)12-23-20(25)15-9-10-19(22-13-15)24-17-7-4-6-16(21)11-17/h2-11,13H,12H2,1H3,(H,22,24)(H,23,25). The third-order valence-electron chi connectivity index (χ3n) is 3.75. The van der Waals surface area contributed by atoms with Crippen LogP contribution >= 0.6 is 11.6 Å². The molecule has 132 valence electrons. The van der Waals surface area contributed by atoms with E-state index in [4.69, 9.17) is 16.3 Å². The molecule has 0 radical (unpaired) electrons. The smallest absolute Gasteiger partial charge is 0.253 e. The minimum atomic E-state index is -0.197. The molecular weight excluding hydrogens is 350 g/mol. The van der Waals surface area contributed by atoms with Gasteiger partial charge in [-0.05, 0) is 36.4 Å². The maximum absolute atomic E-state index is 12.3. The Morgan fingerprint density at radius 1 is 1.12 bits per heavy atom. The Bertz CT molecular complexity index is 898. The summed E-state index contributed by atoms with van der Waals surface area (Å²) >= 11 is 5.96. The van der Waals surface area contributed by atoms with Crippen LogP contribution in [0, 0.1) is 0 Å². The summed E-state index contributed by atoms with van der Waals surface area (Å²) in [6.07, 6.45) is 1.53. The normalized spacial score (nSPS) is 10.2. The Labute approximate surface area is 157 Å². The van der Waals surface area contributed by atoms with Crippen molar-refractivity contribution in [3.8, 4) is 5.75 Å². The van der Waals surface area contributed by atoms with Crippen LogP contribution in [0.2, 0.25) is 5.02 Å². The molecule has 3 aromatic rings. The van der Waals surface area contributed by atoms with Crippen molar-refractivity contribution in [2.75, 3.05) is 12.4 Å². The van der Waals surface area contributed by atoms with E-state index in [9.17, 15) is 4.79 Å². The van der Waals surface area contributed by atoms with Crippen LogP contribution in [0.4, 0.5) is 11.5 Å². The number of para-hydroxylation sites is 1. The molecule has 0 aliphatic heterocycles. The predicted octanol–water partition coefficient (Wildman–Crippen LogP) is 4.42. The number of hydrogen-bond acceptors (Lipinski definition) is 4. The molecule has 1 amide bonds. The zero-order chi connectivity index (χ0) is 18.4. The molecule has 6 heteroatoms. The Morgan fingerprint density at radius 3 is 2.69 bits per heavy atom. The molecule has 0 bridgehead atoms. The van der Waals surface area contributed by atoms with Gasteiger partial charge < -0.3 is 15.4 Å². The van der Waals surface area contributed by atoms with Crippen LogP contribution in [-0.4, -0.2) is 18.0 Å². The number of nitrogens with zero attached hydrogens (tertiary/aromatic N) is 1. The van der Waals surface area contributed by atoms with Crippen molar-refractivity contribution in [2.24, 2.45) is 0 Å². The summed E-state index contributed by atoms with van der Waals surface area (Å²) in [5.74, 6) is 1.18. The molecule has 0 spiro atoms. The van der Waals surface area contributed by atoms with Gasteiger partial charge in [0.15, 0.2) is 0 Å². The molecule has 26 heavy (non-hydrogen) atoms. The first-order valence-electron chi connectivity index (χ1n) is 8.04. The van der Waals surface area contributed by atoms with Crippen LogP contribution < -0.4 is 15.4 Å². The van der Waals surface area contributed by atoms with Crippen molar-refractivity contribution in [1.82, 2.24) is 10.3 Å². The van der Waals surface area contributed by atoms with E-state index in [1.54, 1.807) is 31.4 Å². The van der Waals surface area contributed by atoms with Crippen molar-refractivity contribution in [3.05, 3.63) is 83.0 Å². The summed E-state index contributed by atoms with van der Waals surface area (Å²) in [6, 6.07) is 18.4. The average Bonchev–Trinajstić information content (AvgIpc) is 2.67. The van der Waals surface area contributed by atoms with E-state index in [0.29, 0.717) is 22.9 Å². The number of pyridine rings is 1. The number of nitrogens with one attached hydrogen (secondary N) is 2. The largest absolute Gasteiger partial charge is 0.496 e. The SMILES string of the molecule is COc1ccccc1CNC(=O)c1ccc(Nc2cccc(Cl)c2)nc1. The second-order valence-corrected chi connectivity index (χ2v) is 6.00. The first kappa shape index (κ1) is 17.8. The van der Waals surface area contributed by atoms with E-state index >= 15 is 0 Å². The maximum Gasteiger partial charge on any atom is 0.253 e. The van der Waals surface area contributed by atoms with Crippen LogP contribution in [0.5, 0.6) is 5.75 Å². The van der Waals surface area contributed by atoms with Gasteiger partial charge in [0, 0.05) is 29.0 Å². The van der Waals surface area contributed by atoms with Crippen molar-refractivity contribution < 1.29 is 9.53 Å². The zero-order valence-corrected chi connectivity index (χ0v) is 15.0. The molecule has 0 saturated carbocycles. The van der Waals surface area contributed by atoms with Gasteiger partial charge in [0.25, 0.3) is 5.91 Å². The van der Waals surface area contributed by atoms with Crippen molar-refractivity contribution >= 4 is 29.0 Å². The summed E-state index contributed by atoms with van der Waals surface area (Å²) in [5, 5.41) is 6.65. The number of carbonyl (C=O) groups is 1. The second kappa shape index (κ2) is 8.36. The molecule has 1 aromatic heterocycles. The number of aromatic nitrogens is 1. The fraction of sp³-hybridized carbons (Fsp3) is 0.100. The number of benzene rings is 2. The van der Waals surface area contributed by atoms with Gasteiger partial charge in [-0.2, -0.15) is 0 Å². The highest BCUT2D eigenvalue weighted by Gasteiger charge is 2.08. The highest BCUT2D eigenvalue weighted by atomic mass is 35.5. The number of halogens is 1. The van der Waals surface area contributed by atoms with Crippen LogP contribution in [0.25, 0.3) is 0 Å². The summed E-state index contributed by atoms with van der Waals surface area (Å²) in [4.78, 5) is 16.6. The molecule has 0 unspecified atom stereocenters. The van der Waals surface area contributed by atoms with Gasteiger partial charge in [0.1, 0.15) is 11.6 Å². The maximum atomic E-state index is 12.3. The van der Waals surface area contributed by atoms with E-state index in [1.165, 1.54) is 6.20 Å². The van der Waals surface area contributed by atoms with Crippen LogP contribution in [0.1, 0.15) is 15.9 Å².